The van der Waals surface area contributed by atoms with Gasteiger partial charge in [-0.25, -0.2) is 4.79 Å². The monoisotopic (exact) mass is 508 g/mol. The highest BCUT2D eigenvalue weighted by Crippen LogP contribution is 2.36. The summed E-state index contributed by atoms with van der Waals surface area (Å²) in [5.74, 6) is -2.45. The molecule has 0 spiro atoms. The van der Waals surface area contributed by atoms with E-state index in [-0.39, 0.29) is 25.0 Å². The number of rotatable bonds is 14. The van der Waals surface area contributed by atoms with Gasteiger partial charge in [-0.2, -0.15) is 5.26 Å². The third-order valence-electron chi connectivity index (χ3n) is 4.84. The van der Waals surface area contributed by atoms with Crippen molar-refractivity contribution in [3.8, 4) is 6.07 Å². The van der Waals surface area contributed by atoms with Crippen LogP contribution >= 0.6 is 11.8 Å². The number of methoxy groups -OCH3 is 1. The molecule has 1 saturated heterocycles. The Bertz CT molecular complexity index is 911. The number of hydroxylamine groups is 1. The summed E-state index contributed by atoms with van der Waals surface area (Å²) < 4.78 is 10.1. The van der Waals surface area contributed by atoms with E-state index >= 15 is 0 Å². The molecule has 0 aromatic heterocycles. The minimum atomic E-state index is -1.18. The summed E-state index contributed by atoms with van der Waals surface area (Å²) in [5.41, 5.74) is 9.11. The average Bonchev–Trinajstić information content (AvgIpc) is 3.14. The van der Waals surface area contributed by atoms with Gasteiger partial charge in [0.1, 0.15) is 17.2 Å². The van der Waals surface area contributed by atoms with E-state index in [0.717, 1.165) is 0 Å². The summed E-state index contributed by atoms with van der Waals surface area (Å²) in [7, 11) is 1.55. The zero-order chi connectivity index (χ0) is 25.8. The van der Waals surface area contributed by atoms with Gasteiger partial charge in [0.05, 0.1) is 25.4 Å². The van der Waals surface area contributed by atoms with Crippen LogP contribution in [0.2, 0.25) is 0 Å². The number of nitriles is 1. The fourth-order valence-corrected chi connectivity index (χ4v) is 4.71. The first-order valence-electron chi connectivity index (χ1n) is 11.1. The van der Waals surface area contributed by atoms with Crippen LogP contribution in [0.15, 0.2) is 24.3 Å². The van der Waals surface area contributed by atoms with E-state index in [0.29, 0.717) is 31.1 Å². The van der Waals surface area contributed by atoms with Crippen LogP contribution in [0.25, 0.3) is 0 Å². The summed E-state index contributed by atoms with van der Waals surface area (Å²) in [4.78, 5) is 43.7. The first-order valence-corrected chi connectivity index (χ1v) is 12.0. The number of anilines is 2. The molecule has 1 fully saturated rings. The molecule has 1 unspecified atom stereocenters. The van der Waals surface area contributed by atoms with Crippen LogP contribution < -0.4 is 21.8 Å². The van der Waals surface area contributed by atoms with E-state index in [1.54, 1.807) is 45.2 Å². The van der Waals surface area contributed by atoms with Crippen LogP contribution in [0.3, 0.4) is 0 Å². The third kappa shape index (κ3) is 8.68. The second kappa shape index (κ2) is 14.5. The molecule has 1 aromatic carbocycles. The lowest BCUT2D eigenvalue weighted by atomic mass is 10.1. The molecule has 13 heteroatoms. The van der Waals surface area contributed by atoms with Gasteiger partial charge in [0.25, 0.3) is 0 Å². The van der Waals surface area contributed by atoms with E-state index in [1.807, 2.05) is 6.07 Å². The van der Waals surface area contributed by atoms with Gasteiger partial charge in [0.2, 0.25) is 11.8 Å². The molecule has 2 amide bonds. The summed E-state index contributed by atoms with van der Waals surface area (Å²) in [6.45, 7) is 4.60. The Morgan fingerprint density at radius 1 is 1.31 bits per heavy atom. The number of hydrogen-bond acceptors (Lipinski definition) is 11. The molecule has 1 aliphatic heterocycles. The molecule has 12 nitrogen and oxygen atoms in total. The average molecular weight is 509 g/mol. The number of nitrogens with zero attached hydrogens (tertiary/aromatic N) is 2. The normalized spacial score (nSPS) is 19.1. The first kappa shape index (κ1) is 28.3. The Hall–Kier alpha value is -2.89. The van der Waals surface area contributed by atoms with Crippen molar-refractivity contribution in [2.75, 3.05) is 50.7 Å². The number of carbonyl (C=O) groups is 3. The fraction of sp³-hybridized carbons (Fsp3) is 0.545. The van der Waals surface area contributed by atoms with Crippen molar-refractivity contribution in [3.05, 3.63) is 24.3 Å². The predicted octanol–water partition coefficient (Wildman–Crippen LogP) is 0.482. The molecule has 0 bridgehead atoms. The highest BCUT2D eigenvalue weighted by Gasteiger charge is 2.46. The lowest BCUT2D eigenvalue weighted by Gasteiger charge is -2.24. The second-order valence-electron chi connectivity index (χ2n) is 7.63. The van der Waals surface area contributed by atoms with Crippen molar-refractivity contribution >= 4 is 40.9 Å². The Morgan fingerprint density at radius 2 is 2.06 bits per heavy atom. The number of ether oxygens (including phenoxy) is 2. The van der Waals surface area contributed by atoms with E-state index in [9.17, 15) is 19.6 Å². The molecule has 0 aliphatic carbocycles. The topological polar surface area (TPSA) is 168 Å². The molecule has 0 saturated carbocycles. The number of thioether (sulfide) groups is 1. The zero-order valence-corrected chi connectivity index (χ0v) is 20.8. The Balaban J connectivity index is 1.96. The van der Waals surface area contributed by atoms with Crippen LogP contribution in [-0.4, -0.2) is 79.5 Å². The molecular weight excluding hydrogens is 476 g/mol. The van der Waals surface area contributed by atoms with E-state index < -0.39 is 28.7 Å². The second-order valence-corrected chi connectivity index (χ2v) is 8.95. The maximum absolute atomic E-state index is 12.9. The largest absolute Gasteiger partial charge is 0.383 e. The molecule has 5 N–H and O–H groups in total. The Labute approximate surface area is 208 Å². The maximum atomic E-state index is 12.9. The molecule has 0 radical (unpaired) electrons. The van der Waals surface area contributed by atoms with E-state index in [2.05, 4.69) is 16.1 Å². The standard InChI is InChI=1S/C22H32N6O6S/c1-4-28-20(30)18(35-21(28)17(11-23)22(31)34-27-14(2)24)12-25-15-6-5-7-16(10-15)26-19(29)13-33-9-8-32-3/h5-7,10,14,17-18,21,25,27H,4,8-9,12-13,24H2,1-3H3,(H,26,29)/t14-,17+,18-,21?/m1/s1. The van der Waals surface area contributed by atoms with Crippen molar-refractivity contribution in [1.29, 1.82) is 5.26 Å². The Kier molecular flexibility index (Phi) is 11.7. The van der Waals surface area contributed by atoms with Crippen LogP contribution in [0.5, 0.6) is 0 Å². The van der Waals surface area contributed by atoms with Crippen LogP contribution in [0, 0.1) is 17.2 Å². The Morgan fingerprint density at radius 3 is 2.71 bits per heavy atom. The number of amides is 2. The van der Waals surface area contributed by atoms with Gasteiger partial charge >= 0.3 is 5.97 Å². The minimum Gasteiger partial charge on any atom is -0.383 e. The summed E-state index contributed by atoms with van der Waals surface area (Å²) in [6.07, 6.45) is -0.598. The minimum absolute atomic E-state index is 0.0926. The highest BCUT2D eigenvalue weighted by atomic mass is 32.2. The lowest BCUT2D eigenvalue weighted by molar-refractivity contribution is -0.157. The number of hydrogen-bond donors (Lipinski definition) is 4. The van der Waals surface area contributed by atoms with Crippen molar-refractivity contribution in [2.45, 2.75) is 30.6 Å². The number of carbonyl (C=O) groups excluding carboxylic acids is 3. The molecule has 1 aliphatic rings. The van der Waals surface area contributed by atoms with Gasteiger partial charge in [-0.05, 0) is 32.0 Å². The number of benzene rings is 1. The molecule has 4 atom stereocenters. The lowest BCUT2D eigenvalue weighted by Crippen LogP contribution is -2.44. The van der Waals surface area contributed by atoms with Gasteiger partial charge < -0.3 is 35.6 Å². The maximum Gasteiger partial charge on any atom is 0.345 e. The van der Waals surface area contributed by atoms with Gasteiger partial charge in [-0.1, -0.05) is 6.07 Å². The molecule has 1 heterocycles. The van der Waals surface area contributed by atoms with Gasteiger partial charge in [0.15, 0.2) is 5.92 Å². The van der Waals surface area contributed by atoms with Crippen molar-refractivity contribution < 1.29 is 28.7 Å². The van der Waals surface area contributed by atoms with Crippen molar-refractivity contribution in [3.63, 3.8) is 0 Å². The van der Waals surface area contributed by atoms with E-state index in [1.165, 1.54) is 16.7 Å². The van der Waals surface area contributed by atoms with Crippen LogP contribution in [0.1, 0.15) is 13.8 Å². The number of nitrogens with one attached hydrogen (secondary N) is 3. The quantitative estimate of drug-likeness (QED) is 0.157. The van der Waals surface area contributed by atoms with Crippen LogP contribution in [-0.2, 0) is 28.7 Å². The van der Waals surface area contributed by atoms with E-state index in [4.69, 9.17) is 20.0 Å². The highest BCUT2D eigenvalue weighted by molar-refractivity contribution is 8.01. The summed E-state index contributed by atoms with van der Waals surface area (Å²) in [6, 6.07) is 8.99. The summed E-state index contributed by atoms with van der Waals surface area (Å²) in [5, 5.41) is 14.3. The predicted molar refractivity (Wildman–Crippen MR) is 131 cm³/mol. The van der Waals surface area contributed by atoms with Crippen molar-refractivity contribution in [1.82, 2.24) is 10.4 Å². The smallest absolute Gasteiger partial charge is 0.345 e. The molecule has 2 rings (SSSR count). The molecule has 192 valence electrons. The molecule has 35 heavy (non-hydrogen) atoms. The first-order chi connectivity index (χ1) is 16.8. The zero-order valence-electron chi connectivity index (χ0n) is 20.0. The van der Waals surface area contributed by atoms with Crippen molar-refractivity contribution in [2.24, 2.45) is 11.7 Å². The van der Waals surface area contributed by atoms with Gasteiger partial charge in [0, 0.05) is 31.6 Å². The SMILES string of the molecule is CCN1C(=O)[C@@H](CNc2cccc(NC(=O)COCCOC)c2)SC1[C@H](C#N)C(=O)ON[C@H](C)N. The third-order valence-corrected chi connectivity index (χ3v) is 6.34. The van der Waals surface area contributed by atoms with Crippen LogP contribution in [0.4, 0.5) is 11.4 Å². The molecular formula is C22H32N6O6S. The molecule has 1 aromatic rings. The number of nitrogens with two attached hydrogens (primary N) is 1. The fourth-order valence-electron chi connectivity index (χ4n) is 3.21. The summed E-state index contributed by atoms with van der Waals surface area (Å²) >= 11 is 1.23. The van der Waals surface area contributed by atoms with Gasteiger partial charge in [-0.15, -0.1) is 17.2 Å². The van der Waals surface area contributed by atoms with Gasteiger partial charge in [-0.3, -0.25) is 9.59 Å².